The van der Waals surface area contributed by atoms with E-state index in [4.69, 9.17) is 4.74 Å². The van der Waals surface area contributed by atoms with Gasteiger partial charge < -0.3 is 14.5 Å². The van der Waals surface area contributed by atoms with Crippen molar-refractivity contribution in [2.75, 3.05) is 28.2 Å². The first kappa shape index (κ1) is 15.0. The Kier molecular flexibility index (Phi) is 5.63. The lowest BCUT2D eigenvalue weighted by atomic mass is 10.1. The molecule has 2 N–H and O–H groups in total. The van der Waals surface area contributed by atoms with E-state index in [1.54, 1.807) is 0 Å². The summed E-state index contributed by atoms with van der Waals surface area (Å²) in [5.41, 5.74) is 2.69. The first-order chi connectivity index (χ1) is 8.38. The van der Waals surface area contributed by atoms with Crippen molar-refractivity contribution < 1.29 is 14.5 Å². The molecule has 1 aromatic carbocycles. The Labute approximate surface area is 111 Å². The Morgan fingerprint density at radius 1 is 1.00 bits per heavy atom. The molecule has 0 radical (unpaired) electrons. The Morgan fingerprint density at radius 2 is 1.61 bits per heavy atom. The van der Waals surface area contributed by atoms with Crippen molar-refractivity contribution in [1.29, 1.82) is 0 Å². The molecule has 102 valence electrons. The Hall–Kier alpha value is -1.06. The molecule has 0 unspecified atom stereocenters. The molecule has 0 spiro atoms. The molecule has 3 heteroatoms. The highest BCUT2D eigenvalue weighted by Gasteiger charge is 2.11. The van der Waals surface area contributed by atoms with E-state index in [1.807, 2.05) is 0 Å². The number of rotatable bonds is 6. The van der Waals surface area contributed by atoms with Gasteiger partial charge in [-0.25, -0.2) is 0 Å². The van der Waals surface area contributed by atoms with Gasteiger partial charge in [-0.1, -0.05) is 0 Å². The molecule has 0 saturated heterocycles. The van der Waals surface area contributed by atoms with Crippen molar-refractivity contribution in [2.24, 2.45) is 0 Å². The van der Waals surface area contributed by atoms with Crippen LogP contribution in [0.3, 0.4) is 0 Å². The Balaban J connectivity index is 2.96. The lowest BCUT2D eigenvalue weighted by Crippen LogP contribution is -3.04. The van der Waals surface area contributed by atoms with Crippen LogP contribution >= 0.6 is 0 Å². The second kappa shape index (κ2) is 6.76. The second-order valence-electron chi connectivity index (χ2n) is 5.88. The summed E-state index contributed by atoms with van der Waals surface area (Å²) in [6.45, 7) is 6.20. The van der Waals surface area contributed by atoms with E-state index in [9.17, 15) is 0 Å². The van der Waals surface area contributed by atoms with Crippen LogP contribution in [0.1, 0.15) is 25.0 Å². The molecular weight excluding hydrogens is 224 g/mol. The van der Waals surface area contributed by atoms with Gasteiger partial charge >= 0.3 is 0 Å². The molecule has 0 amide bonds. The predicted molar refractivity (Wildman–Crippen MR) is 75.2 cm³/mol. The smallest absolute Gasteiger partial charge is 0.128 e. The van der Waals surface area contributed by atoms with Crippen LogP contribution in [-0.2, 0) is 13.1 Å². The third kappa shape index (κ3) is 5.07. The van der Waals surface area contributed by atoms with Crippen LogP contribution in [-0.4, -0.2) is 34.3 Å². The lowest BCUT2D eigenvalue weighted by Gasteiger charge is -2.17. The van der Waals surface area contributed by atoms with Gasteiger partial charge in [-0.3, -0.25) is 0 Å². The van der Waals surface area contributed by atoms with Crippen LogP contribution in [0.25, 0.3) is 0 Å². The average molecular weight is 252 g/mol. The summed E-state index contributed by atoms with van der Waals surface area (Å²) < 4.78 is 5.89. The van der Waals surface area contributed by atoms with Crippen molar-refractivity contribution in [3.63, 3.8) is 0 Å². The van der Waals surface area contributed by atoms with E-state index >= 15 is 0 Å². The van der Waals surface area contributed by atoms with E-state index in [2.05, 4.69) is 60.2 Å². The fraction of sp³-hybridized carbons (Fsp3) is 0.600. The number of ether oxygens (including phenoxy) is 1. The highest BCUT2D eigenvalue weighted by molar-refractivity contribution is 5.36. The Bertz CT molecular complexity index is 373. The molecule has 0 heterocycles. The van der Waals surface area contributed by atoms with Gasteiger partial charge in [-0.15, -0.1) is 0 Å². The van der Waals surface area contributed by atoms with E-state index in [0.29, 0.717) is 0 Å². The van der Waals surface area contributed by atoms with E-state index in [0.717, 1.165) is 18.8 Å². The van der Waals surface area contributed by atoms with Crippen LogP contribution < -0.4 is 14.5 Å². The molecule has 0 aliphatic carbocycles. The van der Waals surface area contributed by atoms with Gasteiger partial charge in [-0.05, 0) is 32.0 Å². The molecule has 0 atom stereocenters. The molecule has 1 rings (SSSR count). The van der Waals surface area contributed by atoms with Crippen molar-refractivity contribution in [2.45, 2.75) is 33.0 Å². The topological polar surface area (TPSA) is 18.1 Å². The van der Waals surface area contributed by atoms with Gasteiger partial charge in [0.25, 0.3) is 0 Å². The summed E-state index contributed by atoms with van der Waals surface area (Å²) >= 11 is 0. The fourth-order valence-corrected chi connectivity index (χ4v) is 2.04. The standard InChI is InChI=1S/C15H26N2O/c1-12(2)18-15-8-7-13(10-16(3)4)9-14(15)11-17(5)6/h7-9,12H,10-11H2,1-6H3/p+2. The molecule has 0 aromatic heterocycles. The van der Waals surface area contributed by atoms with Crippen molar-refractivity contribution in [3.05, 3.63) is 29.3 Å². The summed E-state index contributed by atoms with van der Waals surface area (Å²) in [6, 6.07) is 6.59. The maximum atomic E-state index is 5.89. The number of hydrogen-bond acceptors (Lipinski definition) is 1. The molecule has 0 bridgehead atoms. The molecule has 0 fully saturated rings. The van der Waals surface area contributed by atoms with Gasteiger partial charge in [0.2, 0.25) is 0 Å². The molecule has 0 saturated carbocycles. The van der Waals surface area contributed by atoms with Gasteiger partial charge in [0, 0.05) is 11.1 Å². The van der Waals surface area contributed by atoms with Crippen LogP contribution in [0.15, 0.2) is 18.2 Å². The quantitative estimate of drug-likeness (QED) is 0.715. The zero-order valence-electron chi connectivity index (χ0n) is 12.6. The SMILES string of the molecule is CC(C)Oc1ccc(C[NH+](C)C)cc1C[NH+](C)C. The van der Waals surface area contributed by atoms with E-state index in [-0.39, 0.29) is 6.10 Å². The molecular formula is C15H28N2O+2. The van der Waals surface area contributed by atoms with Crippen LogP contribution in [0.4, 0.5) is 0 Å². The second-order valence-corrected chi connectivity index (χ2v) is 5.88. The first-order valence-corrected chi connectivity index (χ1v) is 6.75. The highest BCUT2D eigenvalue weighted by Crippen LogP contribution is 2.20. The van der Waals surface area contributed by atoms with Gasteiger partial charge in [0.1, 0.15) is 18.8 Å². The van der Waals surface area contributed by atoms with Gasteiger partial charge in [0.05, 0.1) is 34.3 Å². The monoisotopic (exact) mass is 252 g/mol. The van der Waals surface area contributed by atoms with Gasteiger partial charge in [0.15, 0.2) is 0 Å². The number of quaternary nitrogens is 2. The van der Waals surface area contributed by atoms with Crippen molar-refractivity contribution in [1.82, 2.24) is 0 Å². The average Bonchev–Trinajstić information content (AvgIpc) is 2.19. The van der Waals surface area contributed by atoms with Crippen molar-refractivity contribution in [3.8, 4) is 5.75 Å². The maximum Gasteiger partial charge on any atom is 0.128 e. The molecule has 0 aliphatic heterocycles. The molecule has 1 aromatic rings. The summed E-state index contributed by atoms with van der Waals surface area (Å²) in [7, 11) is 8.69. The maximum absolute atomic E-state index is 5.89. The Morgan fingerprint density at radius 3 is 2.11 bits per heavy atom. The first-order valence-electron chi connectivity index (χ1n) is 6.75. The number of hydrogen-bond donors (Lipinski definition) is 2. The minimum absolute atomic E-state index is 0.228. The minimum Gasteiger partial charge on any atom is -0.490 e. The van der Waals surface area contributed by atoms with Crippen molar-refractivity contribution >= 4 is 0 Å². The molecule has 0 aliphatic rings. The normalized spacial score (nSPS) is 11.6. The lowest BCUT2D eigenvalue weighted by molar-refractivity contribution is -0.873. The zero-order valence-corrected chi connectivity index (χ0v) is 12.6. The number of nitrogens with one attached hydrogen (secondary N) is 2. The molecule has 3 nitrogen and oxygen atoms in total. The molecule has 18 heavy (non-hydrogen) atoms. The third-order valence-electron chi connectivity index (χ3n) is 2.59. The number of benzene rings is 1. The summed E-state index contributed by atoms with van der Waals surface area (Å²) in [5.74, 6) is 1.03. The summed E-state index contributed by atoms with van der Waals surface area (Å²) in [6.07, 6.45) is 0.228. The minimum atomic E-state index is 0.228. The fourth-order valence-electron chi connectivity index (χ4n) is 2.04. The van der Waals surface area contributed by atoms with Crippen LogP contribution in [0.2, 0.25) is 0 Å². The third-order valence-corrected chi connectivity index (χ3v) is 2.59. The zero-order chi connectivity index (χ0) is 13.7. The summed E-state index contributed by atoms with van der Waals surface area (Å²) in [4.78, 5) is 2.86. The summed E-state index contributed by atoms with van der Waals surface area (Å²) in [5, 5.41) is 0. The predicted octanol–water partition coefficient (Wildman–Crippen LogP) is -0.237. The van der Waals surface area contributed by atoms with E-state index < -0.39 is 0 Å². The highest BCUT2D eigenvalue weighted by atomic mass is 16.5. The van der Waals surface area contributed by atoms with Gasteiger partial charge in [-0.2, -0.15) is 0 Å². The van der Waals surface area contributed by atoms with E-state index in [1.165, 1.54) is 20.9 Å². The largest absolute Gasteiger partial charge is 0.490 e. The van der Waals surface area contributed by atoms with Crippen LogP contribution in [0.5, 0.6) is 5.75 Å². The van der Waals surface area contributed by atoms with Crippen LogP contribution in [0, 0.1) is 0 Å².